The second-order valence-corrected chi connectivity index (χ2v) is 4.61. The van der Waals surface area contributed by atoms with E-state index in [1.807, 2.05) is 20.8 Å². The number of ketones is 2. The molecule has 0 aliphatic heterocycles. The monoisotopic (exact) mass is 314 g/mol. The minimum Gasteiger partial charge on any atom is -0.374 e. The van der Waals surface area contributed by atoms with E-state index in [4.69, 9.17) is 0 Å². The number of pyridine rings is 1. The zero-order chi connectivity index (χ0) is 17.4. The molecule has 0 saturated carbocycles. The van der Waals surface area contributed by atoms with Gasteiger partial charge in [-0.25, -0.2) is 9.50 Å². The molecule has 2 heterocycles. The number of likely N-dealkylation sites (N-methyl/N-ethyl adjacent to an activating group) is 1. The van der Waals surface area contributed by atoms with Crippen LogP contribution in [0.2, 0.25) is 0 Å². The number of carbonyl (C=O) groups is 2. The number of hydrogen-bond donors (Lipinski definition) is 0. The van der Waals surface area contributed by atoms with Crippen molar-refractivity contribution in [3.05, 3.63) is 54.1 Å². The first-order chi connectivity index (χ1) is 11.0. The standard InChI is InChI=1S/C15H16N4O2.C2H6/c1-4-5-6-12(18(2)3)15(21)14(20)11-7-8-13-16-10-17-19(13)9-11;1-2/h4-10H,1-3H3;1-2H3/b5-4-,12-6-;. The summed E-state index contributed by atoms with van der Waals surface area (Å²) in [4.78, 5) is 30.3. The number of Topliss-reactive ketones (excluding diaryl/α,β-unsaturated/α-hetero) is 2. The lowest BCUT2D eigenvalue weighted by atomic mass is 10.1. The molecule has 0 radical (unpaired) electrons. The molecule has 2 aromatic rings. The summed E-state index contributed by atoms with van der Waals surface area (Å²) in [6.45, 7) is 5.84. The number of hydrogen-bond acceptors (Lipinski definition) is 5. The summed E-state index contributed by atoms with van der Waals surface area (Å²) in [6.07, 6.45) is 8.03. The van der Waals surface area contributed by atoms with Gasteiger partial charge in [0.15, 0.2) is 5.65 Å². The zero-order valence-corrected chi connectivity index (χ0v) is 14.1. The fourth-order valence-electron chi connectivity index (χ4n) is 1.81. The minimum absolute atomic E-state index is 0.284. The molecule has 0 fully saturated rings. The van der Waals surface area contributed by atoms with E-state index in [0.717, 1.165) is 0 Å². The largest absolute Gasteiger partial charge is 0.374 e. The van der Waals surface area contributed by atoms with Gasteiger partial charge in [-0.1, -0.05) is 26.0 Å². The Morgan fingerprint density at radius 3 is 2.52 bits per heavy atom. The van der Waals surface area contributed by atoms with Gasteiger partial charge in [0.1, 0.15) is 6.33 Å². The van der Waals surface area contributed by atoms with Crippen molar-refractivity contribution in [1.29, 1.82) is 0 Å². The predicted molar refractivity (Wildman–Crippen MR) is 90.3 cm³/mol. The first-order valence-corrected chi connectivity index (χ1v) is 7.43. The molecule has 0 aliphatic carbocycles. The van der Waals surface area contributed by atoms with Crippen LogP contribution in [0.25, 0.3) is 5.65 Å². The van der Waals surface area contributed by atoms with E-state index in [9.17, 15) is 9.59 Å². The van der Waals surface area contributed by atoms with Gasteiger partial charge in [-0.15, -0.1) is 0 Å². The van der Waals surface area contributed by atoms with Gasteiger partial charge >= 0.3 is 0 Å². The number of rotatable bonds is 5. The Morgan fingerprint density at radius 1 is 1.22 bits per heavy atom. The fraction of sp³-hybridized carbons (Fsp3) is 0.294. The molecule has 0 aromatic carbocycles. The lowest BCUT2D eigenvalue weighted by Gasteiger charge is -2.14. The van der Waals surface area contributed by atoms with Gasteiger partial charge in [-0.05, 0) is 25.1 Å². The quantitative estimate of drug-likeness (QED) is 0.367. The Morgan fingerprint density at radius 2 is 1.91 bits per heavy atom. The normalized spacial score (nSPS) is 11.3. The molecular weight excluding hydrogens is 292 g/mol. The number of nitrogens with zero attached hydrogens (tertiary/aromatic N) is 4. The van der Waals surface area contributed by atoms with Crippen molar-refractivity contribution in [2.45, 2.75) is 20.8 Å². The highest BCUT2D eigenvalue weighted by Gasteiger charge is 2.22. The summed E-state index contributed by atoms with van der Waals surface area (Å²) in [5.41, 5.74) is 1.24. The molecule has 0 unspecified atom stereocenters. The number of aromatic nitrogens is 3. The summed E-state index contributed by atoms with van der Waals surface area (Å²) in [6, 6.07) is 3.23. The third-order valence-electron chi connectivity index (χ3n) is 2.90. The van der Waals surface area contributed by atoms with Gasteiger partial charge in [0.05, 0.1) is 5.70 Å². The molecule has 0 bridgehead atoms. The molecule has 0 aliphatic rings. The summed E-state index contributed by atoms with van der Waals surface area (Å²) < 4.78 is 1.46. The molecule has 0 atom stereocenters. The van der Waals surface area contributed by atoms with Crippen molar-refractivity contribution < 1.29 is 9.59 Å². The molecule has 6 heteroatoms. The summed E-state index contributed by atoms with van der Waals surface area (Å²) in [5.74, 6) is -1.13. The Bertz CT molecular complexity index is 742. The molecule has 0 saturated heterocycles. The second kappa shape index (κ2) is 8.63. The molecular formula is C17H22N4O2. The number of carbonyl (C=O) groups excluding carboxylic acids is 2. The summed E-state index contributed by atoms with van der Waals surface area (Å²) >= 11 is 0. The van der Waals surface area contributed by atoms with E-state index in [2.05, 4.69) is 10.1 Å². The van der Waals surface area contributed by atoms with Gasteiger partial charge in [0.2, 0.25) is 11.6 Å². The minimum atomic E-state index is -0.572. The van der Waals surface area contributed by atoms with Crippen molar-refractivity contribution >= 4 is 17.2 Å². The smallest absolute Gasteiger partial charge is 0.249 e. The zero-order valence-electron chi connectivity index (χ0n) is 14.1. The van der Waals surface area contributed by atoms with Crippen LogP contribution in [0, 0.1) is 0 Å². The molecule has 2 aromatic heterocycles. The van der Waals surface area contributed by atoms with Crippen LogP contribution in [0.4, 0.5) is 0 Å². The highest BCUT2D eigenvalue weighted by molar-refractivity contribution is 6.48. The third kappa shape index (κ3) is 4.35. The van der Waals surface area contributed by atoms with Crippen LogP contribution in [-0.2, 0) is 4.79 Å². The van der Waals surface area contributed by atoms with Crippen LogP contribution in [0.15, 0.2) is 48.6 Å². The average Bonchev–Trinajstić information content (AvgIpc) is 3.03. The van der Waals surface area contributed by atoms with E-state index in [-0.39, 0.29) is 5.56 Å². The van der Waals surface area contributed by atoms with E-state index >= 15 is 0 Å². The highest BCUT2D eigenvalue weighted by atomic mass is 16.2. The molecule has 6 nitrogen and oxygen atoms in total. The SMILES string of the molecule is C/C=C\C=C(\C(=O)C(=O)c1ccc2ncnn2c1)N(C)C.CC. The van der Waals surface area contributed by atoms with E-state index in [0.29, 0.717) is 11.3 Å². The lowest BCUT2D eigenvalue weighted by Crippen LogP contribution is -2.26. The topological polar surface area (TPSA) is 67.6 Å². The Hall–Kier alpha value is -2.76. The maximum atomic E-state index is 12.3. The van der Waals surface area contributed by atoms with E-state index in [1.165, 1.54) is 17.0 Å². The Balaban J connectivity index is 0.00000127. The van der Waals surface area contributed by atoms with Crippen LogP contribution in [-0.4, -0.2) is 45.2 Å². The van der Waals surface area contributed by atoms with Gasteiger partial charge in [-0.2, -0.15) is 5.10 Å². The van der Waals surface area contributed by atoms with Crippen LogP contribution in [0.5, 0.6) is 0 Å². The Kier molecular flexibility index (Phi) is 6.86. The van der Waals surface area contributed by atoms with Crippen LogP contribution in [0.1, 0.15) is 31.1 Å². The third-order valence-corrected chi connectivity index (χ3v) is 2.90. The molecule has 0 N–H and O–H groups in total. The molecule has 2 rings (SSSR count). The fourth-order valence-corrected chi connectivity index (χ4v) is 1.81. The maximum Gasteiger partial charge on any atom is 0.249 e. The average molecular weight is 314 g/mol. The molecule has 0 spiro atoms. The van der Waals surface area contributed by atoms with E-state index < -0.39 is 11.6 Å². The van der Waals surface area contributed by atoms with Crippen LogP contribution in [0.3, 0.4) is 0 Å². The van der Waals surface area contributed by atoms with Crippen LogP contribution < -0.4 is 0 Å². The van der Waals surface area contributed by atoms with Gasteiger partial charge in [0, 0.05) is 25.9 Å². The summed E-state index contributed by atoms with van der Waals surface area (Å²) in [5, 5.41) is 3.96. The molecule has 0 amide bonds. The predicted octanol–water partition coefficient (Wildman–Crippen LogP) is 2.53. The number of allylic oxidation sites excluding steroid dienone is 4. The molecule has 122 valence electrons. The Labute approximate surface area is 136 Å². The first kappa shape index (κ1) is 18.3. The van der Waals surface area contributed by atoms with Gasteiger partial charge < -0.3 is 4.90 Å². The van der Waals surface area contributed by atoms with Gasteiger partial charge in [0.25, 0.3) is 0 Å². The van der Waals surface area contributed by atoms with Crippen molar-refractivity contribution in [2.75, 3.05) is 14.1 Å². The van der Waals surface area contributed by atoms with Crippen molar-refractivity contribution in [3.63, 3.8) is 0 Å². The highest BCUT2D eigenvalue weighted by Crippen LogP contribution is 2.10. The van der Waals surface area contributed by atoms with Crippen molar-refractivity contribution in [2.24, 2.45) is 0 Å². The maximum absolute atomic E-state index is 12.3. The van der Waals surface area contributed by atoms with Crippen molar-refractivity contribution in [3.8, 4) is 0 Å². The second-order valence-electron chi connectivity index (χ2n) is 4.61. The van der Waals surface area contributed by atoms with Crippen LogP contribution >= 0.6 is 0 Å². The summed E-state index contributed by atoms with van der Waals surface area (Å²) in [7, 11) is 3.45. The number of fused-ring (bicyclic) bond motifs is 1. The van der Waals surface area contributed by atoms with Crippen molar-refractivity contribution in [1.82, 2.24) is 19.5 Å². The van der Waals surface area contributed by atoms with E-state index in [1.54, 1.807) is 49.4 Å². The first-order valence-electron chi connectivity index (χ1n) is 7.43. The van der Waals surface area contributed by atoms with Gasteiger partial charge in [-0.3, -0.25) is 9.59 Å². The molecule has 23 heavy (non-hydrogen) atoms. The lowest BCUT2D eigenvalue weighted by molar-refractivity contribution is -0.113.